The maximum atomic E-state index is 14.9. The molecule has 4 aromatic rings. The number of hydrogen-bond donors (Lipinski definition) is 1. The third kappa shape index (κ3) is 6.28. The number of morpholine rings is 1. The fourth-order valence-corrected chi connectivity index (χ4v) is 5.82. The molecule has 216 valence electrons. The van der Waals surface area contributed by atoms with E-state index in [9.17, 15) is 18.7 Å². The van der Waals surface area contributed by atoms with Crippen LogP contribution in [0.25, 0.3) is 16.4 Å². The Morgan fingerprint density at radius 3 is 2.67 bits per heavy atom. The lowest BCUT2D eigenvalue weighted by Crippen LogP contribution is -2.36. The molecule has 0 radical (unpaired) electrons. The summed E-state index contributed by atoms with van der Waals surface area (Å²) in [6.45, 7) is 5.16. The highest BCUT2D eigenvalue weighted by Gasteiger charge is 2.29. The zero-order chi connectivity index (χ0) is 29.2. The summed E-state index contributed by atoms with van der Waals surface area (Å²) in [6, 6.07) is 9.99. The predicted molar refractivity (Wildman–Crippen MR) is 156 cm³/mol. The summed E-state index contributed by atoms with van der Waals surface area (Å²) in [5, 5.41) is 16.4. The molecule has 1 N–H and O–H groups in total. The number of thiazole rings is 1. The van der Waals surface area contributed by atoms with Gasteiger partial charge in [-0.25, -0.2) is 23.2 Å². The van der Waals surface area contributed by atoms with E-state index in [-0.39, 0.29) is 17.1 Å². The van der Waals surface area contributed by atoms with Crippen LogP contribution in [0, 0.1) is 36.3 Å². The second-order valence-electron chi connectivity index (χ2n) is 10.8. The molecule has 2 aromatic carbocycles. The van der Waals surface area contributed by atoms with E-state index in [0.717, 1.165) is 49.2 Å². The summed E-state index contributed by atoms with van der Waals surface area (Å²) in [4.78, 5) is 18.1. The predicted octanol–water partition coefficient (Wildman–Crippen LogP) is 5.51. The van der Waals surface area contributed by atoms with E-state index in [1.54, 1.807) is 29.8 Å². The van der Waals surface area contributed by atoms with Crippen LogP contribution >= 0.6 is 11.3 Å². The van der Waals surface area contributed by atoms with E-state index in [2.05, 4.69) is 21.7 Å². The molecule has 3 heterocycles. The van der Waals surface area contributed by atoms with E-state index in [1.165, 1.54) is 28.8 Å². The minimum atomic E-state index is -1.11. The van der Waals surface area contributed by atoms with Crippen LogP contribution < -0.4 is 0 Å². The van der Waals surface area contributed by atoms with Crippen LogP contribution in [0.15, 0.2) is 41.8 Å². The number of carbonyl (C=O) groups is 1. The Labute approximate surface area is 246 Å². The summed E-state index contributed by atoms with van der Waals surface area (Å²) in [7, 11) is 0. The van der Waals surface area contributed by atoms with Crippen molar-refractivity contribution in [1.82, 2.24) is 19.7 Å². The third-order valence-corrected chi connectivity index (χ3v) is 8.46. The summed E-state index contributed by atoms with van der Waals surface area (Å²) in [6.07, 6.45) is 3.32. The highest BCUT2D eigenvalue weighted by molar-refractivity contribution is 7.12. The first-order chi connectivity index (χ1) is 20.4. The van der Waals surface area contributed by atoms with Crippen LogP contribution in [-0.2, 0) is 17.6 Å². The van der Waals surface area contributed by atoms with Crippen LogP contribution in [0.1, 0.15) is 51.3 Å². The number of halogens is 2. The van der Waals surface area contributed by atoms with E-state index in [0.29, 0.717) is 54.0 Å². The molecule has 2 fully saturated rings. The number of hydrogen-bond acceptors (Lipinski definition) is 6. The van der Waals surface area contributed by atoms with Gasteiger partial charge in [0.15, 0.2) is 5.69 Å². The van der Waals surface area contributed by atoms with Crippen LogP contribution in [0.2, 0.25) is 0 Å². The van der Waals surface area contributed by atoms with Crippen LogP contribution in [0.4, 0.5) is 8.78 Å². The average molecular weight is 589 g/mol. The number of benzene rings is 2. The molecule has 1 saturated heterocycles. The molecule has 0 spiro atoms. The van der Waals surface area contributed by atoms with Crippen molar-refractivity contribution in [2.24, 2.45) is 5.92 Å². The number of aromatic carboxylic acids is 1. The van der Waals surface area contributed by atoms with Gasteiger partial charge in [0.1, 0.15) is 11.6 Å². The Kier molecular flexibility index (Phi) is 8.16. The number of ether oxygens (including phenoxy) is 1. The van der Waals surface area contributed by atoms with Gasteiger partial charge in [-0.15, -0.1) is 11.3 Å². The maximum absolute atomic E-state index is 14.9. The molecule has 7 nitrogen and oxygen atoms in total. The quantitative estimate of drug-likeness (QED) is 0.274. The zero-order valence-corrected chi connectivity index (χ0v) is 24.0. The largest absolute Gasteiger partial charge is 0.476 e. The molecular formula is C32H30F2N4O3S. The van der Waals surface area contributed by atoms with E-state index >= 15 is 0 Å². The third-order valence-electron chi connectivity index (χ3n) is 7.65. The standard InChI is InChI=1S/C32H30F2N4O3S/c1-20-4-5-22(16-27(20)34)15-25-29(17-21-6-7-21)38(32-35-28(19-42-32)31(39)40)36-30(25)24-8-9-26(33)23(18-24)3-2-10-37-11-13-41-14-12-37/h4-5,8-9,16,18-19,21H,6-7,10-15,17H2,1H3,(H,39,40). The zero-order valence-electron chi connectivity index (χ0n) is 23.2. The van der Waals surface area contributed by atoms with Crippen LogP contribution in [0.3, 0.4) is 0 Å². The number of rotatable bonds is 8. The minimum absolute atomic E-state index is 0.0498. The molecule has 2 aliphatic rings. The monoisotopic (exact) mass is 588 g/mol. The number of carboxylic acid groups (broad SMARTS) is 1. The summed E-state index contributed by atoms with van der Waals surface area (Å²) in [5.74, 6) is 4.77. The molecule has 6 rings (SSSR count). The molecule has 10 heteroatoms. The highest BCUT2D eigenvalue weighted by atomic mass is 32.1. The van der Waals surface area contributed by atoms with E-state index < -0.39 is 11.8 Å². The van der Waals surface area contributed by atoms with E-state index in [4.69, 9.17) is 9.84 Å². The summed E-state index contributed by atoms with van der Waals surface area (Å²) < 4.78 is 36.6. The second-order valence-corrected chi connectivity index (χ2v) is 11.6. The smallest absolute Gasteiger partial charge is 0.355 e. The Morgan fingerprint density at radius 1 is 1.14 bits per heavy atom. The summed E-state index contributed by atoms with van der Waals surface area (Å²) >= 11 is 1.20. The van der Waals surface area contributed by atoms with Gasteiger partial charge in [-0.2, -0.15) is 5.10 Å². The topological polar surface area (TPSA) is 80.5 Å². The first-order valence-corrected chi connectivity index (χ1v) is 14.9. The fourth-order valence-electron chi connectivity index (χ4n) is 5.05. The van der Waals surface area contributed by atoms with Crippen molar-refractivity contribution in [2.75, 3.05) is 32.8 Å². The molecule has 42 heavy (non-hydrogen) atoms. The second kappa shape index (κ2) is 12.1. The van der Waals surface area contributed by atoms with Gasteiger partial charge in [0, 0.05) is 36.0 Å². The van der Waals surface area contributed by atoms with Crippen molar-refractivity contribution in [3.8, 4) is 28.2 Å². The van der Waals surface area contributed by atoms with Crippen molar-refractivity contribution in [1.29, 1.82) is 0 Å². The van der Waals surface area contributed by atoms with Gasteiger partial charge in [-0.05, 0) is 67.5 Å². The van der Waals surface area contributed by atoms with Gasteiger partial charge in [0.2, 0.25) is 5.13 Å². The van der Waals surface area contributed by atoms with Crippen molar-refractivity contribution in [2.45, 2.75) is 32.6 Å². The Bertz CT molecular complexity index is 1690. The number of aryl methyl sites for hydroxylation is 1. The van der Waals surface area contributed by atoms with Crippen LogP contribution in [-0.4, -0.2) is 63.6 Å². The SMILES string of the molecule is Cc1ccc(Cc2c(-c3ccc(F)c(C#CCN4CCOCC4)c3)nn(-c3nc(C(=O)O)cs3)c2CC2CC2)cc1F. The van der Waals surface area contributed by atoms with Gasteiger partial charge in [0.05, 0.1) is 36.7 Å². The summed E-state index contributed by atoms with van der Waals surface area (Å²) in [5.41, 5.74) is 4.67. The van der Waals surface area contributed by atoms with Gasteiger partial charge < -0.3 is 9.84 Å². The molecule has 2 aromatic heterocycles. The van der Waals surface area contributed by atoms with Crippen molar-refractivity contribution < 1.29 is 23.4 Å². The lowest BCUT2D eigenvalue weighted by molar-refractivity contribution is 0.0443. The van der Waals surface area contributed by atoms with Gasteiger partial charge in [0.25, 0.3) is 0 Å². The molecule has 0 unspecified atom stereocenters. The fraction of sp³-hybridized carbons (Fsp3) is 0.344. The molecular weight excluding hydrogens is 558 g/mol. The van der Waals surface area contributed by atoms with Crippen LogP contribution in [0.5, 0.6) is 0 Å². The lowest BCUT2D eigenvalue weighted by Gasteiger charge is -2.24. The Morgan fingerprint density at radius 2 is 1.95 bits per heavy atom. The minimum Gasteiger partial charge on any atom is -0.476 e. The molecule has 1 aliphatic heterocycles. The van der Waals surface area contributed by atoms with Gasteiger partial charge in [-0.1, -0.05) is 24.0 Å². The molecule has 1 aliphatic carbocycles. The average Bonchev–Trinajstić information content (AvgIpc) is 3.54. The lowest BCUT2D eigenvalue weighted by atomic mass is 9.95. The molecule has 0 atom stereocenters. The van der Waals surface area contributed by atoms with Gasteiger partial charge >= 0.3 is 5.97 Å². The van der Waals surface area contributed by atoms with Crippen molar-refractivity contribution in [3.05, 3.63) is 87.1 Å². The maximum Gasteiger partial charge on any atom is 0.355 e. The molecule has 0 bridgehead atoms. The normalized spacial score (nSPS) is 15.4. The first kappa shape index (κ1) is 28.2. The number of nitrogens with zero attached hydrogens (tertiary/aromatic N) is 4. The molecule has 1 saturated carbocycles. The van der Waals surface area contributed by atoms with Gasteiger partial charge in [-0.3, -0.25) is 4.90 Å². The first-order valence-electron chi connectivity index (χ1n) is 14.0. The van der Waals surface area contributed by atoms with E-state index in [1.807, 2.05) is 6.07 Å². The van der Waals surface area contributed by atoms with Crippen molar-refractivity contribution in [3.63, 3.8) is 0 Å². The number of carboxylic acids is 1. The Balaban J connectivity index is 1.44. The molecule has 0 amide bonds. The number of aromatic nitrogens is 3. The van der Waals surface area contributed by atoms with Crippen molar-refractivity contribution >= 4 is 17.3 Å². The highest BCUT2D eigenvalue weighted by Crippen LogP contribution is 2.38. The Hall–Kier alpha value is -3.91.